The van der Waals surface area contributed by atoms with E-state index in [2.05, 4.69) is 89.4 Å². The molecule has 0 aromatic carbocycles. The molecule has 0 amide bonds. The third kappa shape index (κ3) is 13.0. The van der Waals surface area contributed by atoms with Gasteiger partial charge in [-0.25, -0.2) is 0 Å². The number of unbranched alkanes of at least 4 members (excludes halogenated alkanes) is 4. The molecule has 204 valence electrons. The Bertz CT molecular complexity index is 755. The molecule has 0 aromatic heterocycles. The summed E-state index contributed by atoms with van der Waals surface area (Å²) in [6, 6.07) is 0. The minimum Gasteiger partial charge on any atom is -0.465 e. The number of hydrogen-bond acceptors (Lipinski definition) is 4. The van der Waals surface area contributed by atoms with Crippen LogP contribution < -0.4 is 0 Å². The van der Waals surface area contributed by atoms with Gasteiger partial charge in [0.15, 0.2) is 8.32 Å². The summed E-state index contributed by atoms with van der Waals surface area (Å²) in [6.45, 7) is 13.9. The van der Waals surface area contributed by atoms with Crippen LogP contribution in [0.2, 0.25) is 18.1 Å². The van der Waals surface area contributed by atoms with Crippen molar-refractivity contribution in [2.75, 3.05) is 13.2 Å². The van der Waals surface area contributed by atoms with Crippen LogP contribution in [-0.2, 0) is 18.8 Å². The topological polar surface area (TPSA) is 52.6 Å². The first kappa shape index (κ1) is 32.3. The van der Waals surface area contributed by atoms with E-state index >= 15 is 0 Å². The fourth-order valence-corrected chi connectivity index (χ4v) is 4.81. The van der Waals surface area contributed by atoms with E-state index in [4.69, 9.17) is 9.16 Å². The molecule has 1 fully saturated rings. The molecule has 0 unspecified atom stereocenters. The van der Waals surface area contributed by atoms with E-state index in [-0.39, 0.29) is 22.7 Å². The van der Waals surface area contributed by atoms with Gasteiger partial charge in [0.05, 0.1) is 6.61 Å². The Morgan fingerprint density at radius 1 is 0.917 bits per heavy atom. The van der Waals surface area contributed by atoms with Crippen molar-refractivity contribution in [2.24, 2.45) is 11.8 Å². The Labute approximate surface area is 222 Å². The molecule has 0 aliphatic carbocycles. The SMILES string of the molecule is CCCCC/C=C\C/C=C\C/C=C\C/C=C\CCCC(=O)[C@H]1C(=O)OC[C@@H]1CO[Si](C)(C)C(C)(C)C. The lowest BCUT2D eigenvalue weighted by atomic mass is 9.89. The summed E-state index contributed by atoms with van der Waals surface area (Å²) in [5.41, 5.74) is 0. The molecule has 0 spiro atoms. The van der Waals surface area contributed by atoms with E-state index in [1.54, 1.807) is 0 Å². The number of cyclic esters (lactones) is 1. The largest absolute Gasteiger partial charge is 0.465 e. The Morgan fingerprint density at radius 2 is 1.44 bits per heavy atom. The van der Waals surface area contributed by atoms with Crippen LogP contribution in [0.4, 0.5) is 0 Å². The molecular formula is C31H52O4Si. The number of hydrogen-bond donors (Lipinski definition) is 0. The molecule has 1 rings (SSSR count). The van der Waals surface area contributed by atoms with E-state index in [9.17, 15) is 9.59 Å². The molecule has 5 heteroatoms. The summed E-state index contributed by atoms with van der Waals surface area (Å²) in [6.07, 6.45) is 27.6. The lowest BCUT2D eigenvalue weighted by Gasteiger charge is -2.37. The number of ketones is 1. The van der Waals surface area contributed by atoms with Gasteiger partial charge in [0.25, 0.3) is 0 Å². The van der Waals surface area contributed by atoms with E-state index in [1.165, 1.54) is 25.7 Å². The predicted molar refractivity (Wildman–Crippen MR) is 154 cm³/mol. The molecular weight excluding hydrogens is 464 g/mol. The quantitative estimate of drug-likeness (QED) is 0.0602. The molecule has 2 atom stereocenters. The van der Waals surface area contributed by atoms with Crippen LogP contribution in [0.25, 0.3) is 0 Å². The Hall–Kier alpha value is -1.72. The van der Waals surface area contributed by atoms with E-state index < -0.39 is 14.2 Å². The normalized spacial score (nSPS) is 19.4. The number of allylic oxidation sites excluding steroid dienone is 8. The number of carbonyl (C=O) groups excluding carboxylic acids is 2. The molecule has 4 nitrogen and oxygen atoms in total. The predicted octanol–water partition coefficient (Wildman–Crippen LogP) is 8.51. The van der Waals surface area contributed by atoms with E-state index in [0.29, 0.717) is 19.6 Å². The van der Waals surface area contributed by atoms with Crippen molar-refractivity contribution in [1.82, 2.24) is 0 Å². The summed E-state index contributed by atoms with van der Waals surface area (Å²) in [7, 11) is -1.92. The molecule has 0 radical (unpaired) electrons. The number of carbonyl (C=O) groups is 2. The summed E-state index contributed by atoms with van der Waals surface area (Å²) >= 11 is 0. The van der Waals surface area contributed by atoms with Gasteiger partial charge >= 0.3 is 5.97 Å². The first-order valence-corrected chi connectivity index (χ1v) is 16.9. The standard InChI is InChI=1S/C31H52O4Si/c1-7-8-9-10-11-12-13-14-15-16-17-18-19-20-21-22-23-24-28(32)29-27(25-34-30(29)33)26-35-36(5,6)31(2,3)4/h11-12,14-15,17-18,20-21,27,29H,7-10,13,16,19,22-26H2,1-6H3/b12-11-,15-14-,18-17-,21-20-/t27-,29+/m1/s1. The highest BCUT2D eigenvalue weighted by Crippen LogP contribution is 2.37. The van der Waals surface area contributed by atoms with Gasteiger partial charge in [-0.2, -0.15) is 0 Å². The van der Waals surface area contributed by atoms with Gasteiger partial charge in [0.1, 0.15) is 11.7 Å². The summed E-state index contributed by atoms with van der Waals surface area (Å²) in [4.78, 5) is 25.0. The third-order valence-electron chi connectivity index (χ3n) is 7.23. The van der Waals surface area contributed by atoms with Crippen molar-refractivity contribution in [3.63, 3.8) is 0 Å². The fourth-order valence-electron chi connectivity index (χ4n) is 3.75. The number of rotatable bonds is 18. The van der Waals surface area contributed by atoms with Crippen molar-refractivity contribution < 1.29 is 18.8 Å². The van der Waals surface area contributed by atoms with E-state index in [1.807, 2.05) is 0 Å². The first-order valence-electron chi connectivity index (χ1n) is 14.0. The highest BCUT2D eigenvalue weighted by Gasteiger charge is 2.44. The Balaban J connectivity index is 2.22. The van der Waals surface area contributed by atoms with Crippen molar-refractivity contribution >= 4 is 20.1 Å². The summed E-state index contributed by atoms with van der Waals surface area (Å²) < 4.78 is 11.5. The average molecular weight is 517 g/mol. The zero-order chi connectivity index (χ0) is 26.9. The molecule has 1 heterocycles. The smallest absolute Gasteiger partial charge is 0.316 e. The van der Waals surface area contributed by atoms with Crippen LogP contribution in [0, 0.1) is 11.8 Å². The molecule has 0 bridgehead atoms. The minimum absolute atomic E-state index is 0.00258. The maximum atomic E-state index is 12.8. The highest BCUT2D eigenvalue weighted by molar-refractivity contribution is 6.74. The monoisotopic (exact) mass is 516 g/mol. The lowest BCUT2D eigenvalue weighted by molar-refractivity contribution is -0.144. The van der Waals surface area contributed by atoms with Gasteiger partial charge < -0.3 is 9.16 Å². The van der Waals surface area contributed by atoms with Crippen molar-refractivity contribution in [2.45, 2.75) is 110 Å². The second-order valence-corrected chi connectivity index (χ2v) is 16.2. The van der Waals surface area contributed by atoms with Gasteiger partial charge in [-0.15, -0.1) is 0 Å². The van der Waals surface area contributed by atoms with Crippen LogP contribution in [0.3, 0.4) is 0 Å². The average Bonchev–Trinajstić information content (AvgIpc) is 3.19. The Kier molecular flexibility index (Phi) is 15.9. The lowest BCUT2D eigenvalue weighted by Crippen LogP contribution is -2.43. The second kappa shape index (κ2) is 17.7. The molecule has 1 saturated heterocycles. The van der Waals surface area contributed by atoms with Crippen molar-refractivity contribution in [3.8, 4) is 0 Å². The molecule has 1 aliphatic rings. The van der Waals surface area contributed by atoms with Crippen LogP contribution in [-0.4, -0.2) is 33.3 Å². The van der Waals surface area contributed by atoms with Gasteiger partial charge in [0.2, 0.25) is 0 Å². The second-order valence-electron chi connectivity index (χ2n) is 11.4. The third-order valence-corrected chi connectivity index (χ3v) is 11.7. The molecule has 36 heavy (non-hydrogen) atoms. The maximum Gasteiger partial charge on any atom is 0.316 e. The Morgan fingerprint density at radius 3 is 1.97 bits per heavy atom. The summed E-state index contributed by atoms with van der Waals surface area (Å²) in [5, 5.41) is 0.0963. The van der Waals surface area contributed by atoms with Gasteiger partial charge in [-0.05, 0) is 63.1 Å². The van der Waals surface area contributed by atoms with Gasteiger partial charge in [-0.3, -0.25) is 9.59 Å². The molecule has 0 N–H and O–H groups in total. The van der Waals surface area contributed by atoms with Gasteiger partial charge in [-0.1, -0.05) is 89.1 Å². The minimum atomic E-state index is -1.92. The van der Waals surface area contributed by atoms with Crippen LogP contribution in [0.5, 0.6) is 0 Å². The molecule has 1 aliphatic heterocycles. The van der Waals surface area contributed by atoms with E-state index in [0.717, 1.165) is 32.1 Å². The fraction of sp³-hybridized carbons (Fsp3) is 0.677. The van der Waals surface area contributed by atoms with Crippen LogP contribution >= 0.6 is 0 Å². The van der Waals surface area contributed by atoms with Gasteiger partial charge in [0, 0.05) is 18.9 Å². The highest BCUT2D eigenvalue weighted by atomic mass is 28.4. The van der Waals surface area contributed by atoms with Crippen molar-refractivity contribution in [3.05, 3.63) is 48.6 Å². The summed E-state index contributed by atoms with van der Waals surface area (Å²) in [5.74, 6) is -1.19. The van der Waals surface area contributed by atoms with Crippen LogP contribution in [0.1, 0.15) is 91.9 Å². The number of ether oxygens (including phenoxy) is 1. The van der Waals surface area contributed by atoms with Crippen LogP contribution in [0.15, 0.2) is 48.6 Å². The zero-order valence-corrected chi connectivity index (χ0v) is 24.9. The first-order chi connectivity index (χ1) is 17.1. The number of Topliss-reactive ketones (excluding diaryl/α,β-unsaturated/α-hetero) is 1. The van der Waals surface area contributed by atoms with Crippen molar-refractivity contribution in [1.29, 1.82) is 0 Å². The maximum absolute atomic E-state index is 12.8. The molecule has 0 saturated carbocycles. The zero-order valence-electron chi connectivity index (χ0n) is 23.9. The molecule has 0 aromatic rings. The number of esters is 1.